The van der Waals surface area contributed by atoms with Crippen LogP contribution < -0.4 is 10.3 Å². The molecule has 1 fully saturated rings. The number of hydrogen-bond acceptors (Lipinski definition) is 7. The van der Waals surface area contributed by atoms with E-state index in [-0.39, 0.29) is 0 Å². The first-order chi connectivity index (χ1) is 15.7. The molecule has 4 heterocycles. The molecule has 1 atom stereocenters. The van der Waals surface area contributed by atoms with E-state index in [0.29, 0.717) is 6.04 Å². The average Bonchev–Trinajstić information content (AvgIpc) is 3.56. The number of hydrazine groups is 1. The van der Waals surface area contributed by atoms with Crippen LogP contribution in [0, 0.1) is 0 Å². The normalized spacial score (nSPS) is 16.5. The van der Waals surface area contributed by atoms with E-state index in [1.807, 2.05) is 45.6 Å². The van der Waals surface area contributed by atoms with Crippen molar-refractivity contribution < 1.29 is 0 Å². The van der Waals surface area contributed by atoms with Gasteiger partial charge in [0.1, 0.15) is 17.8 Å². The van der Waals surface area contributed by atoms with Crippen LogP contribution >= 0.6 is 0 Å². The maximum absolute atomic E-state index is 4.57. The van der Waals surface area contributed by atoms with Crippen molar-refractivity contribution in [3.8, 4) is 22.5 Å². The first-order valence-corrected chi connectivity index (χ1v) is 10.8. The molecule has 0 amide bonds. The van der Waals surface area contributed by atoms with Gasteiger partial charge in [0.25, 0.3) is 0 Å². The second kappa shape index (κ2) is 8.43. The Morgan fingerprint density at radius 3 is 2.91 bits per heavy atom. The van der Waals surface area contributed by atoms with Gasteiger partial charge in [-0.3, -0.25) is 9.78 Å². The smallest absolute Gasteiger partial charge is 0.132 e. The van der Waals surface area contributed by atoms with Gasteiger partial charge in [-0.15, -0.1) is 0 Å². The molecule has 9 nitrogen and oxygen atoms in total. The topological polar surface area (TPSA) is 90.8 Å². The molecule has 1 saturated heterocycles. The summed E-state index contributed by atoms with van der Waals surface area (Å²) in [5.41, 5.74) is 8.05. The molecule has 0 spiro atoms. The Labute approximate surface area is 186 Å². The highest BCUT2D eigenvalue weighted by Gasteiger charge is 2.27. The summed E-state index contributed by atoms with van der Waals surface area (Å²) in [6, 6.07) is 8.70. The van der Waals surface area contributed by atoms with Crippen molar-refractivity contribution in [3.05, 3.63) is 55.3 Å². The molecule has 0 radical (unpaired) electrons. The van der Waals surface area contributed by atoms with Crippen molar-refractivity contribution in [2.24, 2.45) is 7.05 Å². The minimum absolute atomic E-state index is 0.392. The van der Waals surface area contributed by atoms with Gasteiger partial charge in [-0.1, -0.05) is 12.1 Å². The summed E-state index contributed by atoms with van der Waals surface area (Å²) in [7, 11) is 3.87. The standard InChI is InChI=1S/C23H27N9/c1-4-8-32(24-2)18-7-9-31(14-18)22-11-21(25-15-26-22)23-19-10-16(5-6-20(19)28-29-23)17-12-27-30(3)13-17/h4-6,8,10-13,15,18,24H,7,9,14H2,1-3H3,(H,28,29)/b8-4-. The fraction of sp³-hybridized carbons (Fsp3) is 0.304. The Bertz CT molecular complexity index is 1260. The zero-order valence-electron chi connectivity index (χ0n) is 18.5. The minimum atomic E-state index is 0.392. The summed E-state index contributed by atoms with van der Waals surface area (Å²) in [4.78, 5) is 11.4. The third-order valence-corrected chi connectivity index (χ3v) is 5.94. The van der Waals surface area contributed by atoms with Crippen molar-refractivity contribution in [1.82, 2.24) is 40.4 Å². The maximum atomic E-state index is 4.57. The SMILES string of the molecule is C/C=C\N(NC)C1CCN(c2cc(-c3n[nH]c4ccc(-c5cnn(C)c5)cc34)ncn2)C1. The third kappa shape index (κ3) is 3.71. The molecule has 2 N–H and O–H groups in total. The summed E-state index contributed by atoms with van der Waals surface area (Å²) in [6.45, 7) is 3.87. The van der Waals surface area contributed by atoms with Crippen molar-refractivity contribution in [2.45, 2.75) is 19.4 Å². The number of allylic oxidation sites excluding steroid dienone is 1. The number of aromatic nitrogens is 6. The fourth-order valence-electron chi connectivity index (χ4n) is 4.32. The summed E-state index contributed by atoms with van der Waals surface area (Å²) < 4.78 is 1.81. The molecule has 0 bridgehead atoms. The Hall–Kier alpha value is -3.72. The zero-order chi connectivity index (χ0) is 22.1. The third-order valence-electron chi connectivity index (χ3n) is 5.94. The van der Waals surface area contributed by atoms with E-state index < -0.39 is 0 Å². The second-order valence-corrected chi connectivity index (χ2v) is 8.00. The lowest BCUT2D eigenvalue weighted by Crippen LogP contribution is -2.41. The minimum Gasteiger partial charge on any atom is -0.354 e. The van der Waals surface area contributed by atoms with E-state index in [0.717, 1.165) is 58.7 Å². The van der Waals surface area contributed by atoms with Crippen LogP contribution in [0.25, 0.3) is 33.4 Å². The van der Waals surface area contributed by atoms with E-state index >= 15 is 0 Å². The van der Waals surface area contributed by atoms with Gasteiger partial charge in [-0.2, -0.15) is 10.2 Å². The fourth-order valence-corrected chi connectivity index (χ4v) is 4.32. The van der Waals surface area contributed by atoms with Gasteiger partial charge in [0.05, 0.1) is 23.4 Å². The van der Waals surface area contributed by atoms with Crippen LogP contribution in [0.2, 0.25) is 0 Å². The predicted octanol–water partition coefficient (Wildman–Crippen LogP) is 2.97. The monoisotopic (exact) mass is 429 g/mol. The van der Waals surface area contributed by atoms with Gasteiger partial charge in [0.15, 0.2) is 0 Å². The molecule has 0 aliphatic carbocycles. The average molecular weight is 430 g/mol. The van der Waals surface area contributed by atoms with Crippen molar-refractivity contribution >= 4 is 16.7 Å². The molecular formula is C23H27N9. The Morgan fingerprint density at radius 2 is 2.12 bits per heavy atom. The van der Waals surface area contributed by atoms with E-state index in [9.17, 15) is 0 Å². The first-order valence-electron chi connectivity index (χ1n) is 10.8. The van der Waals surface area contributed by atoms with Gasteiger partial charge < -0.3 is 9.91 Å². The van der Waals surface area contributed by atoms with Crippen molar-refractivity contribution in [2.75, 3.05) is 25.0 Å². The number of aromatic amines is 1. The highest BCUT2D eigenvalue weighted by molar-refractivity contribution is 5.95. The Balaban J connectivity index is 1.44. The summed E-state index contributed by atoms with van der Waals surface area (Å²) in [6.07, 6.45) is 10.7. The summed E-state index contributed by atoms with van der Waals surface area (Å²) >= 11 is 0. The maximum Gasteiger partial charge on any atom is 0.132 e. The van der Waals surface area contributed by atoms with Crippen LogP contribution in [0.15, 0.2) is 55.3 Å². The molecule has 9 heteroatoms. The number of hydrogen-bond donors (Lipinski definition) is 2. The Morgan fingerprint density at radius 1 is 1.22 bits per heavy atom. The lowest BCUT2D eigenvalue weighted by Gasteiger charge is -2.26. The highest BCUT2D eigenvalue weighted by Crippen LogP contribution is 2.31. The van der Waals surface area contributed by atoms with Gasteiger partial charge in [-0.05, 0) is 31.0 Å². The molecule has 1 aliphatic heterocycles. The summed E-state index contributed by atoms with van der Waals surface area (Å²) in [5, 5.41) is 15.2. The number of nitrogens with one attached hydrogen (secondary N) is 2. The molecule has 32 heavy (non-hydrogen) atoms. The van der Waals surface area contributed by atoms with Crippen molar-refractivity contribution in [3.63, 3.8) is 0 Å². The van der Waals surface area contributed by atoms with Crippen LogP contribution in [0.1, 0.15) is 13.3 Å². The van der Waals surface area contributed by atoms with Gasteiger partial charge >= 0.3 is 0 Å². The van der Waals surface area contributed by atoms with Gasteiger partial charge in [0.2, 0.25) is 0 Å². The predicted molar refractivity (Wildman–Crippen MR) is 126 cm³/mol. The second-order valence-electron chi connectivity index (χ2n) is 8.00. The molecule has 1 aromatic carbocycles. The lowest BCUT2D eigenvalue weighted by atomic mass is 10.1. The number of benzene rings is 1. The van der Waals surface area contributed by atoms with Crippen molar-refractivity contribution in [1.29, 1.82) is 0 Å². The molecular weight excluding hydrogens is 402 g/mol. The quantitative estimate of drug-likeness (QED) is 0.455. The van der Waals surface area contributed by atoms with Crippen LogP contribution in [-0.4, -0.2) is 61.1 Å². The van der Waals surface area contributed by atoms with Crippen LogP contribution in [-0.2, 0) is 7.05 Å². The molecule has 4 aromatic rings. The molecule has 5 rings (SSSR count). The zero-order valence-corrected chi connectivity index (χ0v) is 18.5. The number of rotatable bonds is 6. The number of anilines is 1. The Kier molecular flexibility index (Phi) is 5.32. The van der Waals surface area contributed by atoms with E-state index in [4.69, 9.17) is 0 Å². The number of aryl methyl sites for hydroxylation is 1. The van der Waals surface area contributed by atoms with Gasteiger partial charge in [-0.25, -0.2) is 15.4 Å². The molecule has 3 aromatic heterocycles. The molecule has 1 unspecified atom stereocenters. The number of nitrogens with zero attached hydrogens (tertiary/aromatic N) is 7. The summed E-state index contributed by atoms with van der Waals surface area (Å²) in [5.74, 6) is 0.925. The van der Waals surface area contributed by atoms with E-state index in [2.05, 4.69) is 65.0 Å². The van der Waals surface area contributed by atoms with Gasteiger partial charge in [0, 0.05) is 56.6 Å². The van der Waals surface area contributed by atoms with Crippen LogP contribution in [0.4, 0.5) is 5.82 Å². The first kappa shape index (κ1) is 20.2. The molecule has 0 saturated carbocycles. The van der Waals surface area contributed by atoms with Crippen LogP contribution in [0.3, 0.4) is 0 Å². The number of fused-ring (bicyclic) bond motifs is 1. The van der Waals surface area contributed by atoms with E-state index in [1.54, 1.807) is 11.0 Å². The molecule has 1 aliphatic rings. The largest absolute Gasteiger partial charge is 0.354 e. The molecule has 164 valence electrons. The van der Waals surface area contributed by atoms with Crippen LogP contribution in [0.5, 0.6) is 0 Å². The highest BCUT2D eigenvalue weighted by atomic mass is 15.5. The number of H-pyrrole nitrogens is 1. The van der Waals surface area contributed by atoms with E-state index in [1.165, 1.54) is 0 Å². The lowest BCUT2D eigenvalue weighted by molar-refractivity contribution is 0.228.